The third-order valence-electron chi connectivity index (χ3n) is 8.90. The van der Waals surface area contributed by atoms with Crippen LogP contribution in [-0.2, 0) is 30.2 Å². The molecule has 2 aromatic rings. The van der Waals surface area contributed by atoms with Gasteiger partial charge in [0.25, 0.3) is 5.91 Å². The van der Waals surface area contributed by atoms with Crippen LogP contribution >= 0.6 is 0 Å². The Bertz CT molecular complexity index is 1400. The fraction of sp³-hybridized carbons (Fsp3) is 0.568. The van der Waals surface area contributed by atoms with Gasteiger partial charge >= 0.3 is 18.2 Å². The Balaban J connectivity index is 2.05. The maximum atomic E-state index is 13.9. The molecule has 0 spiro atoms. The molecule has 1 aromatic heterocycles. The molecule has 0 bridgehead atoms. The zero-order valence-electron chi connectivity index (χ0n) is 30.6. The Morgan fingerprint density at radius 3 is 1.92 bits per heavy atom. The van der Waals surface area contributed by atoms with E-state index in [1.807, 2.05) is 44.2 Å². The Morgan fingerprint density at radius 1 is 0.784 bits per heavy atom. The molecule has 0 unspecified atom stereocenters. The Kier molecular flexibility index (Phi) is 16.6. The summed E-state index contributed by atoms with van der Waals surface area (Å²) in [6.07, 6.45) is 4.36. The largest absolute Gasteiger partial charge is 0.454 e. The van der Waals surface area contributed by atoms with E-state index in [0.717, 1.165) is 37.7 Å². The summed E-state index contributed by atoms with van der Waals surface area (Å²) in [4.78, 5) is 69.8. The van der Waals surface area contributed by atoms with Crippen LogP contribution in [0.1, 0.15) is 75.9 Å². The van der Waals surface area contributed by atoms with Gasteiger partial charge in [-0.25, -0.2) is 24.4 Å². The highest BCUT2D eigenvalue weighted by Gasteiger charge is 2.35. The maximum Gasteiger partial charge on any atom is 0.407 e. The molecular weight excluding hydrogens is 656 g/mol. The van der Waals surface area contributed by atoms with Crippen LogP contribution in [0, 0.1) is 17.8 Å². The number of amides is 4. The van der Waals surface area contributed by atoms with Gasteiger partial charge in [0.2, 0.25) is 5.91 Å². The standard InChI is InChI=1S/C37H54N6O8/c1-24(2)31(40-36(47)49-5)33(44)39-29(21-26-15-9-7-10-16-26)30(51-35(46)28-19-13-14-20-38-28)23-43(22-27-17-11-8-12-18-27)42-34(45)32(25(3)4)41-37(48)50-6/h7,9-10,13-16,19-20,24-25,27,29-32H,8,11-12,17-18,21-23H2,1-6H3,(H,39,44)(H,40,47)(H,41,48)(H,42,45)/t29-,30-,31-,32-/m0/s1. The van der Waals surface area contributed by atoms with E-state index < -0.39 is 54.2 Å². The van der Waals surface area contributed by atoms with E-state index in [4.69, 9.17) is 14.2 Å². The van der Waals surface area contributed by atoms with E-state index in [0.29, 0.717) is 6.54 Å². The second-order valence-electron chi connectivity index (χ2n) is 13.6. The van der Waals surface area contributed by atoms with Gasteiger partial charge in [0.1, 0.15) is 23.9 Å². The lowest BCUT2D eigenvalue weighted by Gasteiger charge is -2.36. The molecule has 14 nitrogen and oxygen atoms in total. The molecule has 3 rings (SSSR count). The van der Waals surface area contributed by atoms with Crippen molar-refractivity contribution in [2.24, 2.45) is 17.8 Å². The van der Waals surface area contributed by atoms with Crippen LogP contribution in [0.2, 0.25) is 0 Å². The lowest BCUT2D eigenvalue weighted by atomic mass is 9.89. The monoisotopic (exact) mass is 710 g/mol. The number of hydrazine groups is 1. The van der Waals surface area contributed by atoms with E-state index in [1.165, 1.54) is 26.5 Å². The first-order chi connectivity index (χ1) is 24.4. The third-order valence-corrected chi connectivity index (χ3v) is 8.90. The average Bonchev–Trinajstić information content (AvgIpc) is 3.12. The van der Waals surface area contributed by atoms with Crippen molar-refractivity contribution < 1.29 is 38.2 Å². The van der Waals surface area contributed by atoms with Crippen molar-refractivity contribution in [1.82, 2.24) is 31.4 Å². The van der Waals surface area contributed by atoms with Gasteiger partial charge in [-0.1, -0.05) is 83.4 Å². The number of carbonyl (C=O) groups is 5. The molecule has 280 valence electrons. The molecule has 0 radical (unpaired) electrons. The van der Waals surface area contributed by atoms with Gasteiger partial charge in [-0.15, -0.1) is 0 Å². The molecule has 1 aliphatic rings. The van der Waals surface area contributed by atoms with Crippen molar-refractivity contribution in [3.63, 3.8) is 0 Å². The summed E-state index contributed by atoms with van der Waals surface area (Å²) in [5.74, 6) is -2.02. The number of methoxy groups -OCH3 is 2. The number of alkyl carbamates (subject to hydrolysis) is 2. The summed E-state index contributed by atoms with van der Waals surface area (Å²) >= 11 is 0. The molecule has 1 aliphatic carbocycles. The Hall–Kier alpha value is -4.72. The SMILES string of the molecule is COC(=O)N[C@H](C(=O)N[C@@H](Cc1ccccc1)[C@H](CN(CC1CCCCC1)NC(=O)[C@@H](NC(=O)OC)C(C)C)OC(=O)c1ccccn1)C(C)C. The first kappa shape index (κ1) is 40.7. The molecule has 14 heteroatoms. The molecule has 4 N–H and O–H groups in total. The summed E-state index contributed by atoms with van der Waals surface area (Å²) in [5.41, 5.74) is 3.93. The second kappa shape index (κ2) is 20.8. The van der Waals surface area contributed by atoms with Gasteiger partial charge in [0.15, 0.2) is 0 Å². The Morgan fingerprint density at radius 2 is 1.37 bits per heavy atom. The maximum absolute atomic E-state index is 13.9. The van der Waals surface area contributed by atoms with Gasteiger partial charge in [0, 0.05) is 12.7 Å². The summed E-state index contributed by atoms with van der Waals surface area (Å²) < 4.78 is 15.7. The number of rotatable bonds is 17. The molecule has 1 saturated carbocycles. The van der Waals surface area contributed by atoms with E-state index in [9.17, 15) is 24.0 Å². The molecule has 4 atom stereocenters. The van der Waals surface area contributed by atoms with Gasteiger partial charge in [-0.05, 0) is 54.7 Å². The van der Waals surface area contributed by atoms with Crippen LogP contribution in [-0.4, -0.2) is 91.5 Å². The van der Waals surface area contributed by atoms with Crippen molar-refractivity contribution in [2.45, 2.75) is 90.4 Å². The molecule has 0 aliphatic heterocycles. The summed E-state index contributed by atoms with van der Waals surface area (Å²) in [7, 11) is 2.45. The quantitative estimate of drug-likeness (QED) is 0.107. The first-order valence-electron chi connectivity index (χ1n) is 17.6. The van der Waals surface area contributed by atoms with Crippen LogP contribution in [0.5, 0.6) is 0 Å². The number of nitrogens with one attached hydrogen (secondary N) is 4. The van der Waals surface area contributed by atoms with Crippen molar-refractivity contribution in [3.05, 3.63) is 66.0 Å². The average molecular weight is 711 g/mol. The van der Waals surface area contributed by atoms with Gasteiger partial charge < -0.3 is 30.2 Å². The highest BCUT2D eigenvalue weighted by atomic mass is 16.6. The second-order valence-corrected chi connectivity index (χ2v) is 13.6. The van der Waals surface area contributed by atoms with E-state index in [2.05, 4.69) is 26.4 Å². The van der Waals surface area contributed by atoms with Crippen molar-refractivity contribution in [2.75, 3.05) is 27.3 Å². The lowest BCUT2D eigenvalue weighted by Crippen LogP contribution is -2.60. The van der Waals surface area contributed by atoms with Gasteiger partial charge in [-0.3, -0.25) is 15.0 Å². The van der Waals surface area contributed by atoms with E-state index >= 15 is 0 Å². The molecule has 1 fully saturated rings. The van der Waals surface area contributed by atoms with E-state index in [1.54, 1.807) is 31.0 Å². The number of hydrogen-bond acceptors (Lipinski definition) is 10. The van der Waals surface area contributed by atoms with Crippen molar-refractivity contribution in [1.29, 1.82) is 0 Å². The molecular formula is C37H54N6O8. The van der Waals surface area contributed by atoms with Crippen LogP contribution in [0.4, 0.5) is 9.59 Å². The predicted octanol–water partition coefficient (Wildman–Crippen LogP) is 4.01. The number of aromatic nitrogens is 1. The third kappa shape index (κ3) is 13.5. The predicted molar refractivity (Wildman–Crippen MR) is 190 cm³/mol. The minimum Gasteiger partial charge on any atom is -0.454 e. The highest BCUT2D eigenvalue weighted by molar-refractivity contribution is 5.88. The number of esters is 1. The fourth-order valence-corrected chi connectivity index (χ4v) is 6.08. The van der Waals surface area contributed by atoms with Crippen molar-refractivity contribution >= 4 is 30.0 Å². The summed E-state index contributed by atoms with van der Waals surface area (Å²) in [5, 5.41) is 9.99. The molecule has 4 amide bonds. The van der Waals surface area contributed by atoms with Crippen LogP contribution in [0.15, 0.2) is 54.7 Å². The summed E-state index contributed by atoms with van der Waals surface area (Å²) in [6, 6.07) is 11.6. The molecule has 1 aromatic carbocycles. The van der Waals surface area contributed by atoms with Crippen LogP contribution in [0.3, 0.4) is 0 Å². The minimum absolute atomic E-state index is 0.0155. The Labute approximate surface area is 300 Å². The van der Waals surface area contributed by atoms with Gasteiger partial charge in [-0.2, -0.15) is 0 Å². The molecule has 1 heterocycles. The van der Waals surface area contributed by atoms with Crippen molar-refractivity contribution in [3.8, 4) is 0 Å². The molecule has 0 saturated heterocycles. The van der Waals surface area contributed by atoms with Gasteiger partial charge in [0.05, 0.1) is 26.8 Å². The first-order valence-corrected chi connectivity index (χ1v) is 17.6. The zero-order chi connectivity index (χ0) is 37.3. The highest BCUT2D eigenvalue weighted by Crippen LogP contribution is 2.25. The number of carbonyl (C=O) groups excluding carboxylic acids is 5. The normalized spacial score (nSPS) is 15.6. The number of hydrogen-bond donors (Lipinski definition) is 4. The van der Waals surface area contributed by atoms with Crippen LogP contribution < -0.4 is 21.4 Å². The molecule has 51 heavy (non-hydrogen) atoms. The smallest absolute Gasteiger partial charge is 0.407 e. The minimum atomic E-state index is -1.02. The van der Waals surface area contributed by atoms with Crippen LogP contribution in [0.25, 0.3) is 0 Å². The number of ether oxygens (including phenoxy) is 3. The summed E-state index contributed by atoms with van der Waals surface area (Å²) in [6.45, 7) is 7.62. The van der Waals surface area contributed by atoms with E-state index in [-0.39, 0.29) is 36.4 Å². The number of nitrogens with zero attached hydrogens (tertiary/aromatic N) is 2. The lowest BCUT2D eigenvalue weighted by molar-refractivity contribution is -0.131. The number of pyridine rings is 1. The number of benzene rings is 1. The zero-order valence-corrected chi connectivity index (χ0v) is 30.6. The fourth-order valence-electron chi connectivity index (χ4n) is 6.08. The topological polar surface area (TPSA) is 177 Å².